The fraction of sp³-hybridized carbons (Fsp3) is 0.222. The minimum Gasteiger partial charge on any atom is -0.497 e. The number of carbonyl (C=O) groups is 2. The average Bonchev–Trinajstić information content (AvgIpc) is 2.88. The van der Waals surface area contributed by atoms with Gasteiger partial charge in [0.15, 0.2) is 11.5 Å². The fourth-order valence-corrected chi connectivity index (χ4v) is 3.90. The van der Waals surface area contributed by atoms with Crippen LogP contribution in [-0.2, 0) is 16.2 Å². The largest absolute Gasteiger partial charge is 0.497 e. The van der Waals surface area contributed by atoms with Crippen molar-refractivity contribution in [2.45, 2.75) is 20.5 Å². The summed E-state index contributed by atoms with van der Waals surface area (Å²) in [4.78, 5) is 24.6. The van der Waals surface area contributed by atoms with Crippen molar-refractivity contribution in [1.82, 2.24) is 5.43 Å². The maximum Gasteiger partial charge on any atom is 0.329 e. The smallest absolute Gasteiger partial charge is 0.329 e. The van der Waals surface area contributed by atoms with Crippen LogP contribution in [0.1, 0.15) is 23.6 Å². The lowest BCUT2D eigenvalue weighted by Crippen LogP contribution is -2.32. The van der Waals surface area contributed by atoms with Crippen molar-refractivity contribution < 1.29 is 28.5 Å². The summed E-state index contributed by atoms with van der Waals surface area (Å²) < 4.78 is 22.8. The molecule has 0 bridgehead atoms. The monoisotopic (exact) mass is 569 g/mol. The van der Waals surface area contributed by atoms with Gasteiger partial charge in [-0.15, -0.1) is 0 Å². The Kier molecular flexibility index (Phi) is 9.91. The topological polar surface area (TPSA) is 107 Å². The Morgan fingerprint density at radius 1 is 0.973 bits per heavy atom. The standard InChI is InChI=1S/C27H28BrN3O6/c1-5-36-24-13-19(12-21(28)25(24)37-16-18-8-6-7-17(2)11-18)15-29-31-27(33)26(32)30-22-14-20(34-3)9-10-23(22)35-4/h6-15H,5,16H2,1-4H3,(H,30,32)(H,31,33)/b29-15+. The molecule has 0 aliphatic carbocycles. The number of nitrogens with zero attached hydrogens (tertiary/aromatic N) is 1. The first kappa shape index (κ1) is 27.5. The Morgan fingerprint density at radius 3 is 2.49 bits per heavy atom. The van der Waals surface area contributed by atoms with Gasteiger partial charge in [-0.05, 0) is 65.2 Å². The second kappa shape index (κ2) is 13.3. The summed E-state index contributed by atoms with van der Waals surface area (Å²) in [5.74, 6) is 0.0689. The van der Waals surface area contributed by atoms with Gasteiger partial charge in [0, 0.05) is 6.07 Å². The third-order valence-electron chi connectivity index (χ3n) is 5.04. The molecule has 0 spiro atoms. The summed E-state index contributed by atoms with van der Waals surface area (Å²) in [6.07, 6.45) is 1.40. The highest BCUT2D eigenvalue weighted by Gasteiger charge is 2.16. The van der Waals surface area contributed by atoms with Crippen LogP contribution >= 0.6 is 15.9 Å². The van der Waals surface area contributed by atoms with E-state index < -0.39 is 11.8 Å². The van der Waals surface area contributed by atoms with E-state index in [4.69, 9.17) is 18.9 Å². The number of carbonyl (C=O) groups excluding carboxylic acids is 2. The SMILES string of the molecule is CCOc1cc(/C=N/NC(=O)C(=O)Nc2cc(OC)ccc2OC)cc(Br)c1OCc1cccc(C)c1. The van der Waals surface area contributed by atoms with E-state index in [1.165, 1.54) is 20.4 Å². The molecule has 2 amide bonds. The van der Waals surface area contributed by atoms with Gasteiger partial charge in [-0.2, -0.15) is 5.10 Å². The first-order valence-electron chi connectivity index (χ1n) is 11.4. The summed E-state index contributed by atoms with van der Waals surface area (Å²) in [5, 5.41) is 6.38. The molecule has 0 unspecified atom stereocenters. The summed E-state index contributed by atoms with van der Waals surface area (Å²) in [6.45, 7) is 4.70. The molecule has 3 aromatic rings. The Labute approximate surface area is 223 Å². The van der Waals surface area contributed by atoms with Crippen LogP contribution in [0.4, 0.5) is 5.69 Å². The summed E-state index contributed by atoms with van der Waals surface area (Å²) >= 11 is 3.52. The highest BCUT2D eigenvalue weighted by molar-refractivity contribution is 9.10. The second-order valence-corrected chi connectivity index (χ2v) is 8.61. The van der Waals surface area contributed by atoms with Gasteiger partial charge in [-0.25, -0.2) is 5.43 Å². The van der Waals surface area contributed by atoms with Crippen molar-refractivity contribution in [3.8, 4) is 23.0 Å². The molecular weight excluding hydrogens is 542 g/mol. The van der Waals surface area contributed by atoms with E-state index in [9.17, 15) is 9.59 Å². The van der Waals surface area contributed by atoms with Crippen LogP contribution in [0, 0.1) is 6.92 Å². The fourth-order valence-electron chi connectivity index (χ4n) is 3.33. The van der Waals surface area contributed by atoms with Gasteiger partial charge in [0.2, 0.25) is 0 Å². The molecule has 0 aliphatic heterocycles. The molecule has 0 saturated heterocycles. The number of anilines is 1. The molecular formula is C27H28BrN3O6. The quantitative estimate of drug-likeness (QED) is 0.205. The van der Waals surface area contributed by atoms with Gasteiger partial charge in [0.1, 0.15) is 18.1 Å². The van der Waals surface area contributed by atoms with Crippen LogP contribution in [0.3, 0.4) is 0 Å². The minimum atomic E-state index is -0.955. The molecule has 0 fully saturated rings. The van der Waals surface area contributed by atoms with Crippen LogP contribution in [-0.4, -0.2) is 38.9 Å². The number of ether oxygens (including phenoxy) is 4. The van der Waals surface area contributed by atoms with Crippen molar-refractivity contribution in [3.63, 3.8) is 0 Å². The average molecular weight is 570 g/mol. The lowest BCUT2D eigenvalue weighted by atomic mass is 10.1. The molecule has 0 radical (unpaired) electrons. The van der Waals surface area contributed by atoms with Crippen LogP contribution in [0.25, 0.3) is 0 Å². The predicted molar refractivity (Wildman–Crippen MR) is 145 cm³/mol. The number of amides is 2. The van der Waals surface area contributed by atoms with Gasteiger partial charge in [-0.3, -0.25) is 9.59 Å². The number of hydrogen-bond acceptors (Lipinski definition) is 7. The van der Waals surface area contributed by atoms with Crippen LogP contribution < -0.4 is 29.7 Å². The zero-order valence-electron chi connectivity index (χ0n) is 21.0. The molecule has 0 aromatic heterocycles. The van der Waals surface area contributed by atoms with E-state index in [2.05, 4.69) is 37.8 Å². The number of halogens is 1. The summed E-state index contributed by atoms with van der Waals surface area (Å²) in [7, 11) is 2.95. The van der Waals surface area contributed by atoms with E-state index in [0.717, 1.165) is 11.1 Å². The predicted octanol–water partition coefficient (Wildman–Crippen LogP) is 4.84. The maximum absolute atomic E-state index is 12.3. The molecule has 2 N–H and O–H groups in total. The van der Waals surface area contributed by atoms with Gasteiger partial charge >= 0.3 is 11.8 Å². The molecule has 194 valence electrons. The lowest BCUT2D eigenvalue weighted by Gasteiger charge is -2.15. The number of benzene rings is 3. The molecule has 0 saturated carbocycles. The van der Waals surface area contributed by atoms with Crippen molar-refractivity contribution in [3.05, 3.63) is 75.8 Å². The number of methoxy groups -OCH3 is 2. The Bertz CT molecular complexity index is 1300. The molecule has 0 atom stereocenters. The Morgan fingerprint density at radius 2 is 1.78 bits per heavy atom. The third-order valence-corrected chi connectivity index (χ3v) is 5.63. The number of rotatable bonds is 10. The highest BCUT2D eigenvalue weighted by atomic mass is 79.9. The van der Waals surface area contributed by atoms with Gasteiger partial charge in [0.25, 0.3) is 0 Å². The lowest BCUT2D eigenvalue weighted by molar-refractivity contribution is -0.136. The first-order chi connectivity index (χ1) is 17.8. The number of hydrazone groups is 1. The van der Waals surface area contributed by atoms with Gasteiger partial charge in [-0.1, -0.05) is 29.8 Å². The van der Waals surface area contributed by atoms with Crippen LogP contribution in [0.15, 0.2) is 64.2 Å². The molecule has 3 aromatic carbocycles. The zero-order valence-corrected chi connectivity index (χ0v) is 22.5. The van der Waals surface area contributed by atoms with Gasteiger partial charge < -0.3 is 24.3 Å². The molecule has 3 rings (SSSR count). The third kappa shape index (κ3) is 7.71. The molecule has 0 heterocycles. The van der Waals surface area contributed by atoms with Crippen LogP contribution in [0.2, 0.25) is 0 Å². The molecule has 9 nitrogen and oxygen atoms in total. The van der Waals surface area contributed by atoms with E-state index in [-0.39, 0.29) is 5.69 Å². The number of nitrogens with one attached hydrogen (secondary N) is 2. The normalized spacial score (nSPS) is 10.6. The van der Waals surface area contributed by atoms with Crippen molar-refractivity contribution >= 4 is 39.6 Å². The van der Waals surface area contributed by atoms with Gasteiger partial charge in [0.05, 0.1) is 37.2 Å². The van der Waals surface area contributed by atoms with E-state index >= 15 is 0 Å². The number of aryl methyl sites for hydroxylation is 1. The van der Waals surface area contributed by atoms with Crippen molar-refractivity contribution in [1.29, 1.82) is 0 Å². The Balaban J connectivity index is 1.67. The second-order valence-electron chi connectivity index (χ2n) is 7.76. The summed E-state index contributed by atoms with van der Waals surface area (Å²) in [5.41, 5.74) is 5.31. The molecule has 10 heteroatoms. The van der Waals surface area contributed by atoms with Crippen molar-refractivity contribution in [2.24, 2.45) is 5.10 Å². The maximum atomic E-state index is 12.3. The van der Waals surface area contributed by atoms with Crippen molar-refractivity contribution in [2.75, 3.05) is 26.1 Å². The number of hydrogen-bond donors (Lipinski definition) is 2. The minimum absolute atomic E-state index is 0.289. The van der Waals surface area contributed by atoms with E-state index in [1.54, 1.807) is 30.3 Å². The molecule has 0 aliphatic rings. The van der Waals surface area contributed by atoms with E-state index in [1.807, 2.05) is 32.0 Å². The summed E-state index contributed by atoms with van der Waals surface area (Å²) in [6, 6.07) is 16.4. The highest BCUT2D eigenvalue weighted by Crippen LogP contribution is 2.37. The first-order valence-corrected chi connectivity index (χ1v) is 12.1. The zero-order chi connectivity index (χ0) is 26.8. The van der Waals surface area contributed by atoms with E-state index in [0.29, 0.717) is 46.2 Å². The Hall–Kier alpha value is -4.05. The molecule has 37 heavy (non-hydrogen) atoms. The van der Waals surface area contributed by atoms with Crippen LogP contribution in [0.5, 0.6) is 23.0 Å².